The summed E-state index contributed by atoms with van der Waals surface area (Å²) in [7, 11) is 1.99. The SMILES string of the molecule is CC1C(CSc2nccn2C)OC(c2ccc(-c3ccccc3CNC(=O)c3ccccc3)cc2)OC1c1ccc(CO)cc1. The molecule has 1 amide bonds. The molecule has 5 aromatic rings. The molecule has 1 fully saturated rings. The smallest absolute Gasteiger partial charge is 0.251 e. The zero-order valence-electron chi connectivity index (χ0n) is 25.4. The first kappa shape index (κ1) is 30.8. The van der Waals surface area contributed by atoms with Gasteiger partial charge >= 0.3 is 0 Å². The summed E-state index contributed by atoms with van der Waals surface area (Å²) in [5.41, 5.74) is 6.64. The van der Waals surface area contributed by atoms with Gasteiger partial charge in [0.25, 0.3) is 5.91 Å². The van der Waals surface area contributed by atoms with Crippen LogP contribution in [0.4, 0.5) is 0 Å². The first-order valence-electron chi connectivity index (χ1n) is 15.1. The first-order chi connectivity index (χ1) is 22.0. The second-order valence-electron chi connectivity index (χ2n) is 11.3. The molecule has 230 valence electrons. The third-order valence-electron chi connectivity index (χ3n) is 8.26. The number of thioether (sulfide) groups is 1. The van der Waals surface area contributed by atoms with Crippen molar-refractivity contribution in [3.05, 3.63) is 143 Å². The Morgan fingerprint density at radius 2 is 1.62 bits per heavy atom. The highest BCUT2D eigenvalue weighted by Gasteiger charge is 2.38. The molecule has 0 radical (unpaired) electrons. The number of ether oxygens (including phenoxy) is 2. The van der Waals surface area contributed by atoms with Crippen LogP contribution in [-0.2, 0) is 29.7 Å². The van der Waals surface area contributed by atoms with Crippen LogP contribution in [0.3, 0.4) is 0 Å². The van der Waals surface area contributed by atoms with Crippen LogP contribution in [0.15, 0.2) is 121 Å². The van der Waals surface area contributed by atoms with Gasteiger partial charge in [-0.05, 0) is 39.9 Å². The maximum absolute atomic E-state index is 12.7. The van der Waals surface area contributed by atoms with Crippen LogP contribution in [0, 0.1) is 5.92 Å². The molecule has 7 nitrogen and oxygen atoms in total. The number of rotatable bonds is 10. The summed E-state index contributed by atoms with van der Waals surface area (Å²) >= 11 is 1.68. The van der Waals surface area contributed by atoms with Crippen molar-refractivity contribution in [2.45, 2.75) is 43.7 Å². The van der Waals surface area contributed by atoms with Gasteiger partial charge in [0, 0.05) is 48.8 Å². The molecule has 45 heavy (non-hydrogen) atoms. The molecular formula is C37H37N3O4S. The molecule has 1 aliphatic heterocycles. The number of nitrogens with one attached hydrogen (secondary N) is 1. The molecule has 2 heterocycles. The van der Waals surface area contributed by atoms with Gasteiger partial charge in [0.15, 0.2) is 11.4 Å². The zero-order valence-corrected chi connectivity index (χ0v) is 26.2. The predicted molar refractivity (Wildman–Crippen MR) is 176 cm³/mol. The van der Waals surface area contributed by atoms with Crippen molar-refractivity contribution in [3.8, 4) is 11.1 Å². The predicted octanol–water partition coefficient (Wildman–Crippen LogP) is 7.09. The van der Waals surface area contributed by atoms with Gasteiger partial charge in [-0.1, -0.05) is 110 Å². The van der Waals surface area contributed by atoms with Gasteiger partial charge in [-0.2, -0.15) is 0 Å². The van der Waals surface area contributed by atoms with Crippen molar-refractivity contribution in [2.24, 2.45) is 13.0 Å². The maximum Gasteiger partial charge on any atom is 0.251 e. The molecule has 1 saturated heterocycles. The average molecular weight is 620 g/mol. The monoisotopic (exact) mass is 619 g/mol. The van der Waals surface area contributed by atoms with Crippen molar-refractivity contribution in [2.75, 3.05) is 5.75 Å². The molecule has 8 heteroatoms. The van der Waals surface area contributed by atoms with Gasteiger partial charge < -0.3 is 24.5 Å². The number of nitrogens with zero attached hydrogens (tertiary/aromatic N) is 2. The number of carbonyl (C=O) groups excluding carboxylic acids is 1. The van der Waals surface area contributed by atoms with E-state index in [9.17, 15) is 9.90 Å². The van der Waals surface area contributed by atoms with Crippen molar-refractivity contribution in [3.63, 3.8) is 0 Å². The van der Waals surface area contributed by atoms with Crippen LogP contribution in [0.25, 0.3) is 11.1 Å². The van der Waals surface area contributed by atoms with Crippen LogP contribution < -0.4 is 5.32 Å². The average Bonchev–Trinajstić information content (AvgIpc) is 3.51. The van der Waals surface area contributed by atoms with Crippen molar-refractivity contribution in [1.29, 1.82) is 0 Å². The molecule has 4 aromatic carbocycles. The Morgan fingerprint density at radius 1 is 0.911 bits per heavy atom. The molecule has 0 saturated carbocycles. The van der Waals surface area contributed by atoms with Crippen molar-refractivity contribution < 1.29 is 19.4 Å². The molecule has 6 rings (SSSR count). The molecule has 0 spiro atoms. The van der Waals surface area contributed by atoms with Crippen molar-refractivity contribution in [1.82, 2.24) is 14.9 Å². The third kappa shape index (κ3) is 7.21. The van der Waals surface area contributed by atoms with Crippen LogP contribution in [0.2, 0.25) is 0 Å². The fraction of sp³-hybridized carbons (Fsp3) is 0.243. The second kappa shape index (κ2) is 14.3. The highest BCUT2D eigenvalue weighted by Crippen LogP contribution is 2.43. The van der Waals surface area contributed by atoms with Gasteiger partial charge in [0.1, 0.15) is 0 Å². The highest BCUT2D eigenvalue weighted by molar-refractivity contribution is 7.99. The number of aliphatic hydroxyl groups is 1. The van der Waals surface area contributed by atoms with E-state index in [2.05, 4.69) is 47.6 Å². The summed E-state index contributed by atoms with van der Waals surface area (Å²) in [5, 5.41) is 13.5. The molecule has 4 unspecified atom stereocenters. The first-order valence-corrected chi connectivity index (χ1v) is 16.1. The summed E-state index contributed by atoms with van der Waals surface area (Å²) in [5.74, 6) is 0.723. The van der Waals surface area contributed by atoms with E-state index < -0.39 is 6.29 Å². The van der Waals surface area contributed by atoms with Gasteiger partial charge in [-0.3, -0.25) is 4.79 Å². The molecular weight excluding hydrogens is 582 g/mol. The quantitative estimate of drug-likeness (QED) is 0.162. The Bertz CT molecular complexity index is 1710. The molecule has 2 N–H and O–H groups in total. The number of imidazole rings is 1. The summed E-state index contributed by atoms with van der Waals surface area (Å²) < 4.78 is 15.3. The number of aryl methyl sites for hydroxylation is 1. The Hall–Kier alpha value is -4.21. The van der Waals surface area contributed by atoms with E-state index in [0.717, 1.165) is 44.3 Å². The Balaban J connectivity index is 1.21. The standard InChI is InChI=1S/C37H37N3O4S/c1-25-33(24-45-37-38-20-21-40(37)2)43-36(44-34(25)28-14-12-26(23-41)13-15-28)30-18-16-27(17-19-30)32-11-7-6-10-31(32)22-39-35(42)29-8-4-3-5-9-29/h3-21,25,33-34,36,41H,22-24H2,1-2H3,(H,39,42). The third-order valence-corrected chi connectivity index (χ3v) is 9.41. The zero-order chi connectivity index (χ0) is 31.2. The lowest BCUT2D eigenvalue weighted by Crippen LogP contribution is -2.38. The minimum absolute atomic E-state index is 0.00486. The Kier molecular flexibility index (Phi) is 9.76. The second-order valence-corrected chi connectivity index (χ2v) is 12.3. The summed E-state index contributed by atoms with van der Waals surface area (Å²) in [6.45, 7) is 2.59. The largest absolute Gasteiger partial charge is 0.392 e. The molecule has 1 aliphatic rings. The molecule has 0 bridgehead atoms. The molecule has 4 atom stereocenters. The minimum Gasteiger partial charge on any atom is -0.392 e. The number of hydrogen-bond donors (Lipinski definition) is 2. The van der Waals surface area contributed by atoms with Gasteiger partial charge in [-0.25, -0.2) is 4.98 Å². The summed E-state index contributed by atoms with van der Waals surface area (Å²) in [6.07, 6.45) is 2.94. The molecule has 1 aromatic heterocycles. The number of aliphatic hydroxyl groups excluding tert-OH is 1. The Labute approximate surface area is 268 Å². The fourth-order valence-electron chi connectivity index (χ4n) is 5.60. The number of benzene rings is 4. The van der Waals surface area contributed by atoms with E-state index in [1.54, 1.807) is 11.8 Å². The summed E-state index contributed by atoms with van der Waals surface area (Å²) in [4.78, 5) is 17.1. The number of carbonyl (C=O) groups is 1. The number of hydrogen-bond acceptors (Lipinski definition) is 6. The van der Waals surface area contributed by atoms with E-state index in [4.69, 9.17) is 9.47 Å². The summed E-state index contributed by atoms with van der Waals surface area (Å²) in [6, 6.07) is 33.6. The fourth-order valence-corrected chi connectivity index (χ4v) is 6.70. The van der Waals surface area contributed by atoms with Crippen LogP contribution in [0.5, 0.6) is 0 Å². The van der Waals surface area contributed by atoms with E-state index >= 15 is 0 Å². The van der Waals surface area contributed by atoms with E-state index in [0.29, 0.717) is 12.1 Å². The normalized spacial score (nSPS) is 19.7. The highest BCUT2D eigenvalue weighted by atomic mass is 32.2. The van der Waals surface area contributed by atoms with Crippen LogP contribution in [0.1, 0.15) is 51.9 Å². The van der Waals surface area contributed by atoms with Crippen LogP contribution in [-0.4, -0.2) is 32.4 Å². The molecule has 0 aliphatic carbocycles. The van der Waals surface area contributed by atoms with Gasteiger partial charge in [0.2, 0.25) is 0 Å². The van der Waals surface area contributed by atoms with Crippen LogP contribution >= 0.6 is 11.8 Å². The minimum atomic E-state index is -0.551. The lowest BCUT2D eigenvalue weighted by Gasteiger charge is -2.41. The van der Waals surface area contributed by atoms with Crippen molar-refractivity contribution >= 4 is 17.7 Å². The van der Waals surface area contributed by atoms with E-state index in [1.165, 1.54) is 0 Å². The lowest BCUT2D eigenvalue weighted by molar-refractivity contribution is -0.268. The number of aromatic nitrogens is 2. The van der Waals surface area contributed by atoms with Gasteiger partial charge in [0.05, 0.1) is 18.8 Å². The van der Waals surface area contributed by atoms with E-state index in [1.807, 2.05) is 96.8 Å². The number of amides is 1. The lowest BCUT2D eigenvalue weighted by atomic mass is 9.91. The Morgan fingerprint density at radius 3 is 2.33 bits per heavy atom. The van der Waals surface area contributed by atoms with E-state index in [-0.39, 0.29) is 30.6 Å². The topological polar surface area (TPSA) is 85.6 Å². The maximum atomic E-state index is 12.7. The van der Waals surface area contributed by atoms with Gasteiger partial charge in [-0.15, -0.1) is 0 Å².